The second-order valence-electron chi connectivity index (χ2n) is 2.13. The molecule has 1 aromatic rings. The summed E-state index contributed by atoms with van der Waals surface area (Å²) in [5.41, 5.74) is -1.70. The lowest BCUT2D eigenvalue weighted by Crippen LogP contribution is -2.08. The van der Waals surface area contributed by atoms with E-state index in [1.807, 2.05) is 0 Å². The van der Waals surface area contributed by atoms with Crippen LogP contribution >= 0.6 is 11.6 Å². The largest absolute Gasteiger partial charge is 0.417 e. The molecule has 0 bridgehead atoms. The van der Waals surface area contributed by atoms with Gasteiger partial charge in [-0.3, -0.25) is 0 Å². The van der Waals surface area contributed by atoms with Crippen LogP contribution in [0.15, 0.2) is 12.3 Å². The van der Waals surface area contributed by atoms with E-state index in [9.17, 15) is 13.2 Å². The number of nitriles is 1. The first-order valence-corrected chi connectivity index (χ1v) is 3.46. The van der Waals surface area contributed by atoms with Gasteiger partial charge >= 0.3 is 6.18 Å². The fourth-order valence-corrected chi connectivity index (χ4v) is 0.979. The SMILES string of the molecule is N#Cc1c(C(F)(F)F)ccnc1Cl. The van der Waals surface area contributed by atoms with Gasteiger partial charge in [0.25, 0.3) is 0 Å². The number of hydrogen-bond donors (Lipinski definition) is 0. The molecule has 13 heavy (non-hydrogen) atoms. The summed E-state index contributed by atoms with van der Waals surface area (Å²) in [7, 11) is 0. The highest BCUT2D eigenvalue weighted by Gasteiger charge is 2.34. The molecule has 0 atom stereocenters. The lowest BCUT2D eigenvalue weighted by atomic mass is 10.1. The van der Waals surface area contributed by atoms with Crippen LogP contribution in [0.1, 0.15) is 11.1 Å². The van der Waals surface area contributed by atoms with Crippen LogP contribution in [0, 0.1) is 11.3 Å². The molecule has 0 aliphatic heterocycles. The van der Waals surface area contributed by atoms with Crippen molar-refractivity contribution in [1.29, 1.82) is 5.26 Å². The number of alkyl halides is 3. The monoisotopic (exact) mass is 206 g/mol. The predicted octanol–water partition coefficient (Wildman–Crippen LogP) is 2.63. The molecule has 0 aromatic carbocycles. The second kappa shape index (κ2) is 3.23. The molecule has 1 heterocycles. The van der Waals surface area contributed by atoms with Crippen molar-refractivity contribution < 1.29 is 13.2 Å². The molecule has 0 aliphatic carbocycles. The molecule has 1 aromatic heterocycles. The van der Waals surface area contributed by atoms with Crippen molar-refractivity contribution in [2.45, 2.75) is 6.18 Å². The molecule has 0 saturated heterocycles. The summed E-state index contributed by atoms with van der Waals surface area (Å²) in [6.07, 6.45) is -3.66. The molecule has 6 heteroatoms. The maximum absolute atomic E-state index is 12.2. The first-order valence-electron chi connectivity index (χ1n) is 3.08. The van der Waals surface area contributed by atoms with E-state index in [4.69, 9.17) is 16.9 Å². The first kappa shape index (κ1) is 9.81. The Morgan fingerprint density at radius 2 is 2.08 bits per heavy atom. The summed E-state index contributed by atoms with van der Waals surface area (Å²) in [5, 5.41) is 7.96. The zero-order valence-corrected chi connectivity index (χ0v) is 6.82. The molecule has 0 N–H and O–H groups in total. The Kier molecular flexibility index (Phi) is 2.43. The van der Waals surface area contributed by atoms with E-state index in [2.05, 4.69) is 4.98 Å². The van der Waals surface area contributed by atoms with Crippen LogP contribution in [0.25, 0.3) is 0 Å². The van der Waals surface area contributed by atoms with Crippen LogP contribution in [0.3, 0.4) is 0 Å². The minimum absolute atomic E-state index is 0.433. The summed E-state index contributed by atoms with van der Waals surface area (Å²) in [4.78, 5) is 3.37. The van der Waals surface area contributed by atoms with Crippen LogP contribution < -0.4 is 0 Å². The highest BCUT2D eigenvalue weighted by molar-refractivity contribution is 6.30. The summed E-state index contributed by atoms with van der Waals surface area (Å²) in [6, 6.07) is 2.07. The molecule has 0 aliphatic rings. The van der Waals surface area contributed by atoms with Crippen LogP contribution in [0.5, 0.6) is 0 Å². The standard InChI is InChI=1S/C7H2ClF3N2/c8-6-4(3-12)5(1-2-13-6)7(9,10)11/h1-2H. The highest BCUT2D eigenvalue weighted by Crippen LogP contribution is 2.33. The van der Waals surface area contributed by atoms with Gasteiger partial charge in [0.1, 0.15) is 16.8 Å². The van der Waals surface area contributed by atoms with E-state index in [0.29, 0.717) is 6.07 Å². The molecule has 0 radical (unpaired) electrons. The maximum atomic E-state index is 12.2. The Hall–Kier alpha value is -1.28. The smallest absolute Gasteiger partial charge is 0.243 e. The van der Waals surface area contributed by atoms with Gasteiger partial charge in [0.2, 0.25) is 0 Å². The Morgan fingerprint density at radius 3 is 2.46 bits per heavy atom. The van der Waals surface area contributed by atoms with Gasteiger partial charge in [-0.2, -0.15) is 18.4 Å². The summed E-state index contributed by atoms with van der Waals surface area (Å²) >= 11 is 5.30. The Morgan fingerprint density at radius 1 is 1.46 bits per heavy atom. The molecule has 0 spiro atoms. The van der Waals surface area contributed by atoms with Crippen LogP contribution in [-0.4, -0.2) is 4.98 Å². The van der Waals surface area contributed by atoms with Crippen molar-refractivity contribution in [3.05, 3.63) is 28.5 Å². The Balaban J connectivity index is 3.40. The van der Waals surface area contributed by atoms with Gasteiger partial charge in [0.05, 0.1) is 5.56 Å². The lowest BCUT2D eigenvalue weighted by molar-refractivity contribution is -0.137. The second-order valence-corrected chi connectivity index (χ2v) is 2.49. The number of nitrogens with zero attached hydrogens (tertiary/aromatic N) is 2. The normalized spacial score (nSPS) is 11.0. The third-order valence-electron chi connectivity index (χ3n) is 1.32. The van der Waals surface area contributed by atoms with Gasteiger partial charge in [-0.1, -0.05) is 11.6 Å². The fraction of sp³-hybridized carbons (Fsp3) is 0.143. The van der Waals surface area contributed by atoms with Crippen molar-refractivity contribution in [2.24, 2.45) is 0 Å². The third kappa shape index (κ3) is 1.90. The van der Waals surface area contributed by atoms with Crippen molar-refractivity contribution >= 4 is 11.6 Å². The molecule has 0 fully saturated rings. The Bertz CT molecular complexity index is 367. The Labute approximate surface area is 76.6 Å². The highest BCUT2D eigenvalue weighted by atomic mass is 35.5. The topological polar surface area (TPSA) is 36.7 Å². The minimum Gasteiger partial charge on any atom is -0.243 e. The van der Waals surface area contributed by atoms with Crippen LogP contribution in [-0.2, 0) is 6.18 Å². The number of aromatic nitrogens is 1. The molecule has 68 valence electrons. The van der Waals surface area contributed by atoms with Crippen molar-refractivity contribution in [1.82, 2.24) is 4.98 Å². The van der Waals surface area contributed by atoms with Crippen molar-refractivity contribution in [3.8, 4) is 6.07 Å². The molecule has 2 nitrogen and oxygen atoms in total. The van der Waals surface area contributed by atoms with Gasteiger partial charge in [0.15, 0.2) is 0 Å². The molecular formula is C7H2ClF3N2. The van der Waals surface area contributed by atoms with Gasteiger partial charge in [-0.05, 0) is 6.07 Å². The molecule has 0 amide bonds. The number of rotatable bonds is 0. The van der Waals surface area contributed by atoms with Gasteiger partial charge in [0, 0.05) is 6.20 Å². The zero-order valence-electron chi connectivity index (χ0n) is 6.06. The maximum Gasteiger partial charge on any atom is 0.417 e. The van der Waals surface area contributed by atoms with Gasteiger partial charge < -0.3 is 0 Å². The molecule has 1 rings (SSSR count). The summed E-state index contributed by atoms with van der Waals surface area (Å²) < 4.78 is 36.5. The van der Waals surface area contributed by atoms with Crippen LogP contribution in [0.4, 0.5) is 13.2 Å². The predicted molar refractivity (Wildman–Crippen MR) is 39.0 cm³/mol. The van der Waals surface area contributed by atoms with Crippen molar-refractivity contribution in [3.63, 3.8) is 0 Å². The fourth-order valence-electron chi connectivity index (χ4n) is 0.779. The lowest BCUT2D eigenvalue weighted by Gasteiger charge is -2.07. The summed E-state index contributed by atoms with van der Waals surface area (Å²) in [6.45, 7) is 0. The van der Waals surface area contributed by atoms with E-state index in [0.717, 1.165) is 6.20 Å². The number of hydrogen-bond acceptors (Lipinski definition) is 2. The van der Waals surface area contributed by atoms with E-state index in [1.54, 1.807) is 0 Å². The molecule has 0 unspecified atom stereocenters. The van der Waals surface area contributed by atoms with Gasteiger partial charge in [-0.25, -0.2) is 4.98 Å². The molecular weight excluding hydrogens is 205 g/mol. The zero-order chi connectivity index (χ0) is 10.1. The van der Waals surface area contributed by atoms with E-state index in [-0.39, 0.29) is 0 Å². The van der Waals surface area contributed by atoms with Crippen LogP contribution in [0.2, 0.25) is 5.15 Å². The minimum atomic E-state index is -4.57. The molecule has 0 saturated carbocycles. The average Bonchev–Trinajstić information content (AvgIpc) is 2.02. The van der Waals surface area contributed by atoms with Gasteiger partial charge in [-0.15, -0.1) is 0 Å². The van der Waals surface area contributed by atoms with E-state index in [1.165, 1.54) is 6.07 Å². The summed E-state index contributed by atoms with van der Waals surface area (Å²) in [5.74, 6) is 0. The van der Waals surface area contributed by atoms with E-state index < -0.39 is 22.5 Å². The first-order chi connectivity index (χ1) is 5.96. The van der Waals surface area contributed by atoms with Crippen molar-refractivity contribution in [2.75, 3.05) is 0 Å². The number of pyridine rings is 1. The quantitative estimate of drug-likeness (QED) is 0.612. The number of halogens is 4. The third-order valence-corrected chi connectivity index (χ3v) is 1.61. The van der Waals surface area contributed by atoms with E-state index >= 15 is 0 Å². The average molecular weight is 207 g/mol.